The number of ether oxygens (including phenoxy) is 1. The molecule has 0 aromatic heterocycles. The molecule has 1 aromatic rings. The molecule has 0 spiro atoms. The highest BCUT2D eigenvalue weighted by Gasteiger charge is 2.20. The van der Waals surface area contributed by atoms with Gasteiger partial charge in [-0.2, -0.15) is 0 Å². The maximum Gasteiger partial charge on any atom is 0.305 e. The molecule has 0 unspecified atom stereocenters. The predicted octanol–water partition coefficient (Wildman–Crippen LogP) is 3.11. The molecule has 1 aromatic carbocycles. The molecular weight excluding hydrogens is 240 g/mol. The lowest BCUT2D eigenvalue weighted by molar-refractivity contribution is -0.140. The van der Waals surface area contributed by atoms with Gasteiger partial charge in [0.05, 0.1) is 15.2 Å². The third-order valence-corrected chi connectivity index (χ3v) is 6.25. The van der Waals surface area contributed by atoms with E-state index >= 15 is 0 Å². The predicted molar refractivity (Wildman–Crippen MR) is 78.8 cm³/mol. The van der Waals surface area contributed by atoms with Gasteiger partial charge in [-0.05, 0) is 12.5 Å². The monoisotopic (exact) mass is 262 g/mol. The van der Waals surface area contributed by atoms with Crippen LogP contribution in [0.2, 0.25) is 19.1 Å². The molecule has 0 heterocycles. The van der Waals surface area contributed by atoms with Gasteiger partial charge in [0.2, 0.25) is 0 Å². The van der Waals surface area contributed by atoms with Crippen molar-refractivity contribution >= 4 is 19.2 Å². The highest BCUT2D eigenvalue weighted by Crippen LogP contribution is 2.11. The van der Waals surface area contributed by atoms with Crippen molar-refractivity contribution in [2.24, 2.45) is 0 Å². The van der Waals surface area contributed by atoms with E-state index in [4.69, 9.17) is 0 Å². The minimum atomic E-state index is -1.37. The molecule has 0 aliphatic heterocycles. The fourth-order valence-electron chi connectivity index (χ4n) is 1.81. The van der Waals surface area contributed by atoms with Crippen LogP contribution in [-0.4, -0.2) is 21.2 Å². The van der Waals surface area contributed by atoms with Crippen LogP contribution in [0.4, 0.5) is 0 Å². The van der Waals surface area contributed by atoms with Crippen LogP contribution in [0.1, 0.15) is 12.8 Å². The Morgan fingerprint density at radius 3 is 2.50 bits per heavy atom. The number of carbonyl (C=O) groups is 1. The van der Waals surface area contributed by atoms with Crippen LogP contribution in [0.5, 0.6) is 0 Å². The summed E-state index contributed by atoms with van der Waals surface area (Å²) < 4.78 is 4.60. The largest absolute Gasteiger partial charge is 0.469 e. The molecule has 0 atom stereocenters. The first-order chi connectivity index (χ1) is 8.56. The van der Waals surface area contributed by atoms with Crippen molar-refractivity contribution < 1.29 is 9.53 Å². The van der Waals surface area contributed by atoms with Crippen LogP contribution in [0.25, 0.3) is 0 Å². The molecule has 3 heteroatoms. The zero-order valence-corrected chi connectivity index (χ0v) is 12.5. The van der Waals surface area contributed by atoms with Gasteiger partial charge in [0.1, 0.15) is 0 Å². The van der Waals surface area contributed by atoms with Crippen molar-refractivity contribution in [2.45, 2.75) is 32.0 Å². The number of methoxy groups -OCH3 is 1. The van der Waals surface area contributed by atoms with E-state index < -0.39 is 8.07 Å². The first kappa shape index (κ1) is 14.7. The van der Waals surface area contributed by atoms with Crippen molar-refractivity contribution in [1.82, 2.24) is 0 Å². The average molecular weight is 262 g/mol. The van der Waals surface area contributed by atoms with E-state index in [1.165, 1.54) is 12.3 Å². The Hall–Kier alpha value is -1.35. The van der Waals surface area contributed by atoms with Gasteiger partial charge in [-0.15, -0.1) is 0 Å². The Kier molecular flexibility index (Phi) is 5.85. The van der Waals surface area contributed by atoms with Crippen molar-refractivity contribution in [3.63, 3.8) is 0 Å². The summed E-state index contributed by atoms with van der Waals surface area (Å²) in [5.74, 6) is -0.140. The minimum Gasteiger partial charge on any atom is -0.469 e. The molecule has 0 fully saturated rings. The first-order valence-electron chi connectivity index (χ1n) is 6.33. The van der Waals surface area contributed by atoms with Crippen LogP contribution >= 0.6 is 0 Å². The molecule has 0 aliphatic rings. The van der Waals surface area contributed by atoms with E-state index in [0.717, 1.165) is 12.5 Å². The number of carbonyl (C=O) groups excluding carboxylic acids is 1. The van der Waals surface area contributed by atoms with Gasteiger partial charge in [-0.3, -0.25) is 4.79 Å². The average Bonchev–Trinajstić information content (AvgIpc) is 2.39. The number of allylic oxidation sites excluding steroid dienone is 2. The minimum absolute atomic E-state index is 0.140. The second-order valence-corrected chi connectivity index (χ2v) is 9.79. The molecule has 0 saturated heterocycles. The van der Waals surface area contributed by atoms with Crippen LogP contribution in [0.15, 0.2) is 42.5 Å². The van der Waals surface area contributed by atoms with Gasteiger partial charge in [0, 0.05) is 6.42 Å². The second kappa shape index (κ2) is 7.16. The van der Waals surface area contributed by atoms with Gasteiger partial charge in [0.25, 0.3) is 0 Å². The topological polar surface area (TPSA) is 26.3 Å². The molecule has 1 rings (SSSR count). The third kappa shape index (κ3) is 4.88. The summed E-state index contributed by atoms with van der Waals surface area (Å²) in [6.45, 7) is 4.74. The Morgan fingerprint density at radius 2 is 1.89 bits per heavy atom. The van der Waals surface area contributed by atoms with E-state index in [1.54, 1.807) is 0 Å². The molecule has 0 saturated carbocycles. The van der Waals surface area contributed by atoms with Gasteiger partial charge in [-0.1, -0.05) is 60.8 Å². The zero-order valence-electron chi connectivity index (χ0n) is 11.5. The third-order valence-electron chi connectivity index (χ3n) is 3.09. The summed E-state index contributed by atoms with van der Waals surface area (Å²) in [6, 6.07) is 11.8. The van der Waals surface area contributed by atoms with E-state index in [1.807, 2.05) is 0 Å². The number of esters is 1. The normalized spacial score (nSPS) is 11.7. The SMILES string of the molecule is COC(=O)CC/C=C/C[Si](C)(C)c1ccccc1. The van der Waals surface area contributed by atoms with Gasteiger partial charge >= 0.3 is 5.97 Å². The molecule has 0 bridgehead atoms. The van der Waals surface area contributed by atoms with Crippen LogP contribution in [0, 0.1) is 0 Å². The van der Waals surface area contributed by atoms with Crippen molar-refractivity contribution in [3.8, 4) is 0 Å². The Labute approximate surface area is 111 Å². The second-order valence-electron chi connectivity index (χ2n) is 5.04. The highest BCUT2D eigenvalue weighted by atomic mass is 28.3. The molecule has 2 nitrogen and oxygen atoms in total. The van der Waals surface area contributed by atoms with Crippen LogP contribution in [-0.2, 0) is 9.53 Å². The van der Waals surface area contributed by atoms with E-state index in [-0.39, 0.29) is 5.97 Å². The quantitative estimate of drug-likeness (QED) is 0.447. The van der Waals surface area contributed by atoms with Crippen LogP contribution in [0.3, 0.4) is 0 Å². The van der Waals surface area contributed by atoms with Crippen LogP contribution < -0.4 is 5.19 Å². The summed E-state index contributed by atoms with van der Waals surface area (Å²) >= 11 is 0. The summed E-state index contributed by atoms with van der Waals surface area (Å²) in [4.78, 5) is 10.9. The summed E-state index contributed by atoms with van der Waals surface area (Å²) in [6.07, 6.45) is 5.54. The molecule has 98 valence electrons. The molecule has 0 amide bonds. The number of hydrogen-bond acceptors (Lipinski definition) is 2. The van der Waals surface area contributed by atoms with E-state index in [9.17, 15) is 4.79 Å². The molecular formula is C15H22O2Si. The number of benzene rings is 1. The fraction of sp³-hybridized carbons (Fsp3) is 0.400. The standard InChI is InChI=1S/C15H22O2Si/c1-17-15(16)12-8-5-9-13-18(2,3)14-10-6-4-7-11-14/h4-7,9-11H,8,12-13H2,1-3H3/b9-5+. The number of hydrogen-bond donors (Lipinski definition) is 0. The molecule has 0 aliphatic carbocycles. The van der Waals surface area contributed by atoms with Crippen molar-refractivity contribution in [1.29, 1.82) is 0 Å². The smallest absolute Gasteiger partial charge is 0.305 e. The molecule has 0 radical (unpaired) electrons. The Bertz CT molecular complexity index is 396. The van der Waals surface area contributed by atoms with Gasteiger partial charge in [0.15, 0.2) is 0 Å². The fourth-order valence-corrected chi connectivity index (χ4v) is 3.89. The Balaban J connectivity index is 2.42. The maximum absolute atomic E-state index is 10.9. The van der Waals surface area contributed by atoms with Gasteiger partial charge in [-0.25, -0.2) is 0 Å². The highest BCUT2D eigenvalue weighted by molar-refractivity contribution is 6.90. The first-order valence-corrected chi connectivity index (χ1v) is 9.54. The van der Waals surface area contributed by atoms with Crippen molar-refractivity contribution in [3.05, 3.63) is 42.5 Å². The molecule has 18 heavy (non-hydrogen) atoms. The Morgan fingerprint density at radius 1 is 1.22 bits per heavy atom. The van der Waals surface area contributed by atoms with E-state index in [0.29, 0.717) is 6.42 Å². The summed E-state index contributed by atoms with van der Waals surface area (Å²) in [7, 11) is 0.0602. The van der Waals surface area contributed by atoms with E-state index in [2.05, 4.69) is 60.3 Å². The number of rotatable bonds is 6. The van der Waals surface area contributed by atoms with Crippen molar-refractivity contribution in [2.75, 3.05) is 7.11 Å². The lowest BCUT2D eigenvalue weighted by Gasteiger charge is -2.20. The lowest BCUT2D eigenvalue weighted by atomic mass is 10.3. The molecule has 0 N–H and O–H groups in total. The lowest BCUT2D eigenvalue weighted by Crippen LogP contribution is -2.40. The summed E-state index contributed by atoms with van der Waals surface area (Å²) in [5, 5.41) is 1.47. The summed E-state index contributed by atoms with van der Waals surface area (Å²) in [5.41, 5.74) is 0. The maximum atomic E-state index is 10.9. The van der Waals surface area contributed by atoms with Gasteiger partial charge < -0.3 is 4.74 Å². The zero-order chi connectivity index (χ0) is 13.4.